The van der Waals surface area contributed by atoms with Gasteiger partial charge in [-0.05, 0) is 44.7 Å². The number of carbonyl (C=O) groups is 2. The number of aromatic carboxylic acids is 1. The minimum Gasteiger partial charge on any atom is -0.478 e. The number of Topliss-reactive ketones (excluding diaryl/α,β-unsaturated/α-hetero) is 1. The number of thiazole rings is 1. The summed E-state index contributed by atoms with van der Waals surface area (Å²) >= 11 is 1.64. The predicted octanol–water partition coefficient (Wildman–Crippen LogP) is 4.31. The highest BCUT2D eigenvalue weighted by Gasteiger charge is 2.46. The molecule has 1 saturated carbocycles. The van der Waals surface area contributed by atoms with E-state index in [4.69, 9.17) is 10.1 Å². The second-order valence-electron chi connectivity index (χ2n) is 9.05. The fraction of sp³-hybridized carbons (Fsp3) is 0.524. The molecule has 2 aromatic heterocycles. The molecule has 2 aliphatic carbocycles. The Morgan fingerprint density at radius 2 is 2.00 bits per heavy atom. The molecule has 6 nitrogen and oxygen atoms in total. The molecule has 0 bridgehead atoms. The van der Waals surface area contributed by atoms with Gasteiger partial charge in [0, 0.05) is 29.5 Å². The third-order valence-corrected chi connectivity index (χ3v) is 7.21. The first-order valence-electron chi connectivity index (χ1n) is 9.61. The summed E-state index contributed by atoms with van der Waals surface area (Å²) in [7, 11) is 0. The zero-order valence-electron chi connectivity index (χ0n) is 16.7. The van der Waals surface area contributed by atoms with Crippen LogP contribution in [0.4, 0.5) is 10.9 Å². The van der Waals surface area contributed by atoms with Gasteiger partial charge in [0.25, 0.3) is 0 Å². The maximum Gasteiger partial charge on any atom is 0.337 e. The molecule has 0 aromatic carbocycles. The van der Waals surface area contributed by atoms with Crippen molar-refractivity contribution in [1.82, 2.24) is 9.97 Å². The van der Waals surface area contributed by atoms with Crippen LogP contribution in [0.5, 0.6) is 0 Å². The van der Waals surface area contributed by atoms with Gasteiger partial charge in [0.15, 0.2) is 5.13 Å². The molecule has 0 saturated heterocycles. The Labute approximate surface area is 168 Å². The first-order chi connectivity index (χ1) is 13.1. The van der Waals surface area contributed by atoms with Gasteiger partial charge in [-0.1, -0.05) is 13.8 Å². The highest BCUT2D eigenvalue weighted by molar-refractivity contribution is 7.16. The van der Waals surface area contributed by atoms with E-state index in [0.29, 0.717) is 18.2 Å². The monoisotopic (exact) mass is 399 g/mol. The van der Waals surface area contributed by atoms with Gasteiger partial charge >= 0.3 is 5.97 Å². The molecule has 0 unspecified atom stereocenters. The van der Waals surface area contributed by atoms with Crippen LogP contribution >= 0.6 is 11.3 Å². The summed E-state index contributed by atoms with van der Waals surface area (Å²) in [6.07, 6.45) is 4.28. The van der Waals surface area contributed by atoms with Crippen molar-refractivity contribution in [1.29, 1.82) is 0 Å². The smallest absolute Gasteiger partial charge is 0.337 e. The quantitative estimate of drug-likeness (QED) is 0.806. The maximum absolute atomic E-state index is 12.7. The number of carboxylic acid groups (broad SMARTS) is 1. The van der Waals surface area contributed by atoms with Crippen molar-refractivity contribution in [2.45, 2.75) is 57.8 Å². The Kier molecular flexibility index (Phi) is 4.34. The Morgan fingerprint density at radius 3 is 2.57 bits per heavy atom. The summed E-state index contributed by atoms with van der Waals surface area (Å²) in [5, 5.41) is 9.98. The standard InChI is InChI=1S/C21H25N3O3S/c1-20(2)9-14(25)21(3,4)16-17(20)28-19(23-16)24(11-12-5-6-12)15-8-7-13(10-22-15)18(26)27/h7-8,10,12H,5-6,9,11H2,1-4H3,(H,26,27). The minimum atomic E-state index is -0.987. The first kappa shape index (κ1) is 19.1. The van der Waals surface area contributed by atoms with Crippen LogP contribution in [0, 0.1) is 5.92 Å². The lowest BCUT2D eigenvalue weighted by molar-refractivity contribution is -0.125. The molecule has 1 N–H and O–H groups in total. The van der Waals surface area contributed by atoms with E-state index in [-0.39, 0.29) is 16.8 Å². The lowest BCUT2D eigenvalue weighted by Crippen LogP contribution is -2.41. The molecular weight excluding hydrogens is 374 g/mol. The second-order valence-corrected chi connectivity index (χ2v) is 10.0. The molecular formula is C21H25N3O3S. The maximum atomic E-state index is 12.7. The molecule has 7 heteroatoms. The van der Waals surface area contributed by atoms with E-state index in [1.54, 1.807) is 23.5 Å². The Hall–Kier alpha value is -2.28. The summed E-state index contributed by atoms with van der Waals surface area (Å²) in [4.78, 5) is 36.4. The molecule has 0 aliphatic heterocycles. The van der Waals surface area contributed by atoms with Gasteiger partial charge in [-0.2, -0.15) is 0 Å². The molecule has 28 heavy (non-hydrogen) atoms. The Morgan fingerprint density at radius 1 is 1.29 bits per heavy atom. The van der Waals surface area contributed by atoms with Crippen LogP contribution in [0.1, 0.15) is 67.9 Å². The summed E-state index contributed by atoms with van der Waals surface area (Å²) in [6.45, 7) is 8.93. The van der Waals surface area contributed by atoms with Crippen LogP contribution in [0.15, 0.2) is 18.3 Å². The van der Waals surface area contributed by atoms with Crippen molar-refractivity contribution in [3.05, 3.63) is 34.5 Å². The molecule has 0 atom stereocenters. The van der Waals surface area contributed by atoms with E-state index in [0.717, 1.165) is 22.2 Å². The molecule has 4 rings (SSSR count). The first-order valence-corrected chi connectivity index (χ1v) is 10.4. The number of nitrogens with zero attached hydrogens (tertiary/aromatic N) is 3. The number of hydrogen-bond donors (Lipinski definition) is 1. The Balaban J connectivity index is 1.78. The fourth-order valence-electron chi connectivity index (χ4n) is 3.64. The SMILES string of the molecule is CC1(C)CC(=O)C(C)(C)c2nc(N(CC3CC3)c3ccc(C(=O)O)cn3)sc21. The lowest BCUT2D eigenvalue weighted by atomic mass is 9.68. The number of rotatable bonds is 5. The summed E-state index contributed by atoms with van der Waals surface area (Å²) in [6, 6.07) is 3.32. The van der Waals surface area contributed by atoms with Crippen LogP contribution in [0.2, 0.25) is 0 Å². The van der Waals surface area contributed by atoms with Gasteiger partial charge in [-0.15, -0.1) is 11.3 Å². The summed E-state index contributed by atoms with van der Waals surface area (Å²) in [5.74, 6) is 0.536. The number of hydrogen-bond acceptors (Lipinski definition) is 6. The number of fused-ring (bicyclic) bond motifs is 1. The summed E-state index contributed by atoms with van der Waals surface area (Å²) in [5.41, 5.74) is 0.216. The van der Waals surface area contributed by atoms with E-state index < -0.39 is 11.4 Å². The van der Waals surface area contributed by atoms with Crippen LogP contribution in [0.3, 0.4) is 0 Å². The van der Waals surface area contributed by atoms with Crippen molar-refractivity contribution in [3.8, 4) is 0 Å². The minimum absolute atomic E-state index is 0.168. The molecule has 0 radical (unpaired) electrons. The topological polar surface area (TPSA) is 83.4 Å². The molecule has 2 heterocycles. The zero-order valence-corrected chi connectivity index (χ0v) is 17.5. The van der Waals surface area contributed by atoms with Crippen molar-refractivity contribution < 1.29 is 14.7 Å². The molecule has 148 valence electrons. The molecule has 2 aromatic rings. The highest BCUT2D eigenvalue weighted by Crippen LogP contribution is 2.49. The molecule has 0 spiro atoms. The Bertz CT molecular complexity index is 942. The highest BCUT2D eigenvalue weighted by atomic mass is 32.1. The third kappa shape index (κ3) is 3.21. The van der Waals surface area contributed by atoms with Gasteiger partial charge in [0.05, 0.1) is 16.7 Å². The van der Waals surface area contributed by atoms with Gasteiger partial charge in [-0.25, -0.2) is 14.8 Å². The van der Waals surface area contributed by atoms with Crippen molar-refractivity contribution in [2.24, 2.45) is 5.92 Å². The van der Waals surface area contributed by atoms with E-state index in [2.05, 4.69) is 23.7 Å². The van der Waals surface area contributed by atoms with Crippen LogP contribution in [-0.2, 0) is 15.6 Å². The van der Waals surface area contributed by atoms with E-state index >= 15 is 0 Å². The van der Waals surface area contributed by atoms with Gasteiger partial charge in [0.2, 0.25) is 0 Å². The van der Waals surface area contributed by atoms with Gasteiger partial charge in [0.1, 0.15) is 11.6 Å². The fourth-order valence-corrected chi connectivity index (χ4v) is 4.99. The normalized spacial score (nSPS) is 19.9. The van der Waals surface area contributed by atoms with Gasteiger partial charge < -0.3 is 10.0 Å². The third-order valence-electron chi connectivity index (χ3n) is 5.76. The lowest BCUT2D eigenvalue weighted by Gasteiger charge is -2.36. The number of anilines is 2. The van der Waals surface area contributed by atoms with Gasteiger partial charge in [-0.3, -0.25) is 4.79 Å². The average Bonchev–Trinajstić information content (AvgIpc) is 3.32. The largest absolute Gasteiger partial charge is 0.478 e. The number of carboxylic acids is 1. The number of ketones is 1. The molecule has 2 aliphatic rings. The van der Waals surface area contributed by atoms with Crippen LogP contribution in [-0.4, -0.2) is 33.4 Å². The average molecular weight is 400 g/mol. The van der Waals surface area contributed by atoms with E-state index in [1.165, 1.54) is 19.0 Å². The molecule has 1 fully saturated rings. The zero-order chi connectivity index (χ0) is 20.3. The number of pyridine rings is 1. The van der Waals surface area contributed by atoms with Crippen LogP contribution < -0.4 is 4.90 Å². The van der Waals surface area contributed by atoms with Crippen LogP contribution in [0.25, 0.3) is 0 Å². The number of carbonyl (C=O) groups excluding carboxylic acids is 1. The predicted molar refractivity (Wildman–Crippen MR) is 109 cm³/mol. The van der Waals surface area contributed by atoms with E-state index in [9.17, 15) is 9.59 Å². The van der Waals surface area contributed by atoms with E-state index in [1.807, 2.05) is 13.8 Å². The van der Waals surface area contributed by atoms with Crippen molar-refractivity contribution >= 4 is 34.0 Å². The number of aromatic nitrogens is 2. The van der Waals surface area contributed by atoms with Crippen molar-refractivity contribution in [2.75, 3.05) is 11.4 Å². The van der Waals surface area contributed by atoms with Crippen molar-refractivity contribution in [3.63, 3.8) is 0 Å². The molecule has 0 amide bonds. The second kappa shape index (κ2) is 6.37. The summed E-state index contributed by atoms with van der Waals surface area (Å²) < 4.78 is 0.